The minimum atomic E-state index is -0.205. The van der Waals surface area contributed by atoms with Gasteiger partial charge in [0.2, 0.25) is 0 Å². The lowest BCUT2D eigenvalue weighted by Gasteiger charge is -2.36. The standard InChI is InChI=1S/C17H28FN3/c1-3-21-11-7-16(8-12-21)20(2)10-9-17(19)14-5-4-6-15(18)13-14/h4-6,13,16-17H,3,7-12,19H2,1-2H3. The van der Waals surface area contributed by atoms with Gasteiger partial charge < -0.3 is 15.5 Å². The smallest absolute Gasteiger partial charge is 0.123 e. The molecule has 1 saturated heterocycles. The van der Waals surface area contributed by atoms with Crippen LogP contribution in [-0.4, -0.2) is 49.1 Å². The van der Waals surface area contributed by atoms with Crippen LogP contribution in [0.2, 0.25) is 0 Å². The maximum Gasteiger partial charge on any atom is 0.123 e. The van der Waals surface area contributed by atoms with Gasteiger partial charge in [0, 0.05) is 12.1 Å². The molecule has 0 spiro atoms. The summed E-state index contributed by atoms with van der Waals surface area (Å²) in [5, 5.41) is 0. The molecule has 0 aromatic heterocycles. The molecule has 3 nitrogen and oxygen atoms in total. The van der Waals surface area contributed by atoms with Crippen molar-refractivity contribution in [2.24, 2.45) is 5.73 Å². The van der Waals surface area contributed by atoms with Gasteiger partial charge in [0.1, 0.15) is 5.82 Å². The Morgan fingerprint density at radius 2 is 2.10 bits per heavy atom. The molecule has 1 fully saturated rings. The summed E-state index contributed by atoms with van der Waals surface area (Å²) < 4.78 is 13.2. The first-order valence-electron chi connectivity index (χ1n) is 8.03. The third-order valence-electron chi connectivity index (χ3n) is 4.70. The van der Waals surface area contributed by atoms with E-state index in [2.05, 4.69) is 23.8 Å². The summed E-state index contributed by atoms with van der Waals surface area (Å²) in [7, 11) is 2.19. The molecule has 1 heterocycles. The molecule has 1 aliphatic rings. The van der Waals surface area contributed by atoms with Crippen LogP contribution in [0, 0.1) is 5.82 Å². The van der Waals surface area contributed by atoms with Gasteiger partial charge in [-0.2, -0.15) is 0 Å². The number of hydrogen-bond donors (Lipinski definition) is 1. The van der Waals surface area contributed by atoms with Gasteiger partial charge in [-0.15, -0.1) is 0 Å². The van der Waals surface area contributed by atoms with Crippen LogP contribution in [0.5, 0.6) is 0 Å². The van der Waals surface area contributed by atoms with E-state index in [9.17, 15) is 4.39 Å². The number of halogens is 1. The quantitative estimate of drug-likeness (QED) is 0.875. The molecular weight excluding hydrogens is 265 g/mol. The number of benzene rings is 1. The number of rotatable bonds is 6. The average molecular weight is 293 g/mol. The van der Waals surface area contributed by atoms with Crippen LogP contribution >= 0.6 is 0 Å². The first kappa shape index (κ1) is 16.4. The van der Waals surface area contributed by atoms with Gasteiger partial charge in [-0.3, -0.25) is 0 Å². The lowest BCUT2D eigenvalue weighted by Crippen LogP contribution is -2.43. The highest BCUT2D eigenvalue weighted by molar-refractivity contribution is 5.19. The monoisotopic (exact) mass is 293 g/mol. The van der Waals surface area contributed by atoms with Crippen molar-refractivity contribution >= 4 is 0 Å². The van der Waals surface area contributed by atoms with Gasteiger partial charge in [0.25, 0.3) is 0 Å². The third kappa shape index (κ3) is 4.77. The van der Waals surface area contributed by atoms with Gasteiger partial charge >= 0.3 is 0 Å². The highest BCUT2D eigenvalue weighted by Gasteiger charge is 2.21. The number of nitrogens with two attached hydrogens (primary N) is 1. The molecule has 0 aliphatic carbocycles. The van der Waals surface area contributed by atoms with Crippen molar-refractivity contribution in [3.63, 3.8) is 0 Å². The molecule has 0 amide bonds. The Morgan fingerprint density at radius 1 is 1.38 bits per heavy atom. The Bertz CT molecular complexity index is 430. The van der Waals surface area contributed by atoms with E-state index >= 15 is 0 Å². The second-order valence-corrected chi connectivity index (χ2v) is 6.10. The summed E-state index contributed by atoms with van der Waals surface area (Å²) in [6.07, 6.45) is 3.34. The molecule has 0 radical (unpaired) electrons. The highest BCUT2D eigenvalue weighted by Crippen LogP contribution is 2.19. The van der Waals surface area contributed by atoms with Gasteiger partial charge in [0.15, 0.2) is 0 Å². The Hall–Kier alpha value is -0.970. The normalized spacial score (nSPS) is 19.1. The van der Waals surface area contributed by atoms with Crippen LogP contribution in [-0.2, 0) is 0 Å². The van der Waals surface area contributed by atoms with Crippen molar-refractivity contribution in [1.82, 2.24) is 9.80 Å². The first-order valence-corrected chi connectivity index (χ1v) is 8.03. The van der Waals surface area contributed by atoms with Crippen LogP contribution < -0.4 is 5.73 Å². The van der Waals surface area contributed by atoms with Crippen molar-refractivity contribution in [2.45, 2.75) is 38.3 Å². The molecule has 1 aromatic rings. The largest absolute Gasteiger partial charge is 0.324 e. The average Bonchev–Trinajstić information content (AvgIpc) is 2.52. The minimum Gasteiger partial charge on any atom is -0.324 e. The summed E-state index contributed by atoms with van der Waals surface area (Å²) >= 11 is 0. The maximum atomic E-state index is 13.2. The Labute approximate surface area is 127 Å². The molecule has 2 rings (SSSR count). The maximum absolute atomic E-state index is 13.2. The lowest BCUT2D eigenvalue weighted by atomic mass is 10.0. The van der Waals surface area contributed by atoms with Crippen LogP contribution in [0.1, 0.15) is 37.8 Å². The predicted octanol–water partition coefficient (Wildman–Crippen LogP) is 2.63. The zero-order valence-electron chi connectivity index (χ0n) is 13.3. The van der Waals surface area contributed by atoms with Crippen LogP contribution in [0.15, 0.2) is 24.3 Å². The van der Waals surface area contributed by atoms with Crippen molar-refractivity contribution in [3.05, 3.63) is 35.6 Å². The van der Waals surface area contributed by atoms with Gasteiger partial charge in [0.05, 0.1) is 0 Å². The molecule has 4 heteroatoms. The second-order valence-electron chi connectivity index (χ2n) is 6.10. The molecule has 1 unspecified atom stereocenters. The second kappa shape index (κ2) is 7.87. The molecule has 1 aromatic carbocycles. The Balaban J connectivity index is 1.77. The molecule has 118 valence electrons. The van der Waals surface area contributed by atoms with E-state index in [0.717, 1.165) is 25.1 Å². The zero-order chi connectivity index (χ0) is 15.2. The molecule has 0 bridgehead atoms. The van der Waals surface area contributed by atoms with Crippen LogP contribution in [0.3, 0.4) is 0 Å². The molecular formula is C17H28FN3. The van der Waals surface area contributed by atoms with E-state index in [4.69, 9.17) is 5.73 Å². The number of hydrogen-bond acceptors (Lipinski definition) is 3. The van der Waals surface area contributed by atoms with E-state index in [1.165, 1.54) is 32.0 Å². The molecule has 0 saturated carbocycles. The fourth-order valence-corrected chi connectivity index (χ4v) is 3.11. The summed E-state index contributed by atoms with van der Waals surface area (Å²) in [6.45, 7) is 6.74. The van der Waals surface area contributed by atoms with E-state index in [1.807, 2.05) is 6.07 Å². The summed E-state index contributed by atoms with van der Waals surface area (Å²) in [5.74, 6) is -0.205. The Morgan fingerprint density at radius 3 is 2.71 bits per heavy atom. The minimum absolute atomic E-state index is 0.0844. The van der Waals surface area contributed by atoms with Crippen LogP contribution in [0.25, 0.3) is 0 Å². The lowest BCUT2D eigenvalue weighted by molar-refractivity contribution is 0.129. The van der Waals surface area contributed by atoms with Crippen molar-refractivity contribution in [3.8, 4) is 0 Å². The van der Waals surface area contributed by atoms with E-state index in [1.54, 1.807) is 12.1 Å². The van der Waals surface area contributed by atoms with E-state index < -0.39 is 0 Å². The highest BCUT2D eigenvalue weighted by atomic mass is 19.1. The van der Waals surface area contributed by atoms with Crippen molar-refractivity contribution in [2.75, 3.05) is 33.2 Å². The SMILES string of the molecule is CCN1CCC(N(C)CCC(N)c2cccc(F)c2)CC1. The topological polar surface area (TPSA) is 32.5 Å². The first-order chi connectivity index (χ1) is 10.1. The van der Waals surface area contributed by atoms with Gasteiger partial charge in [-0.1, -0.05) is 19.1 Å². The predicted molar refractivity (Wildman–Crippen MR) is 85.7 cm³/mol. The summed E-state index contributed by atoms with van der Waals surface area (Å²) in [5.41, 5.74) is 7.08. The molecule has 21 heavy (non-hydrogen) atoms. The fraction of sp³-hybridized carbons (Fsp3) is 0.647. The molecule has 1 aliphatic heterocycles. The van der Waals surface area contributed by atoms with Gasteiger partial charge in [-0.05, 0) is 70.2 Å². The zero-order valence-corrected chi connectivity index (χ0v) is 13.3. The fourth-order valence-electron chi connectivity index (χ4n) is 3.11. The number of piperidine rings is 1. The van der Waals surface area contributed by atoms with E-state index in [0.29, 0.717) is 6.04 Å². The third-order valence-corrected chi connectivity index (χ3v) is 4.70. The van der Waals surface area contributed by atoms with E-state index in [-0.39, 0.29) is 11.9 Å². The molecule has 1 atom stereocenters. The Kier molecular flexibility index (Phi) is 6.15. The molecule has 2 N–H and O–H groups in total. The van der Waals surface area contributed by atoms with Gasteiger partial charge in [-0.25, -0.2) is 4.39 Å². The number of nitrogens with zero attached hydrogens (tertiary/aromatic N) is 2. The summed E-state index contributed by atoms with van der Waals surface area (Å²) in [4.78, 5) is 4.93. The van der Waals surface area contributed by atoms with Crippen molar-refractivity contribution in [1.29, 1.82) is 0 Å². The number of likely N-dealkylation sites (tertiary alicyclic amines) is 1. The van der Waals surface area contributed by atoms with Crippen molar-refractivity contribution < 1.29 is 4.39 Å². The van der Waals surface area contributed by atoms with Crippen LogP contribution in [0.4, 0.5) is 4.39 Å². The summed E-state index contributed by atoms with van der Waals surface area (Å²) in [6, 6.07) is 7.22.